The number of ether oxygens (including phenoxy) is 1. The van der Waals surface area contributed by atoms with E-state index < -0.39 is 0 Å². The fourth-order valence-corrected chi connectivity index (χ4v) is 3.28. The Morgan fingerprint density at radius 1 is 1.24 bits per heavy atom. The van der Waals surface area contributed by atoms with Crippen LogP contribution in [0.4, 0.5) is 5.69 Å². The summed E-state index contributed by atoms with van der Waals surface area (Å²) in [6, 6.07) is 8.72. The van der Waals surface area contributed by atoms with E-state index in [4.69, 9.17) is 4.74 Å². The van der Waals surface area contributed by atoms with Crippen molar-refractivity contribution in [2.24, 2.45) is 7.05 Å². The van der Waals surface area contributed by atoms with Crippen LogP contribution >= 0.6 is 0 Å². The molecular formula is C24H27N7O2. The number of hydrogen-bond donors (Lipinski definition) is 2. The molecule has 3 rings (SSSR count). The normalized spacial score (nSPS) is 12.3. The van der Waals surface area contributed by atoms with Crippen LogP contribution in [-0.4, -0.2) is 43.8 Å². The zero-order valence-corrected chi connectivity index (χ0v) is 18.9. The number of amides is 1. The molecule has 0 aliphatic heterocycles. The first-order valence-corrected chi connectivity index (χ1v) is 10.3. The molecule has 2 N–H and O–H groups in total. The average Bonchev–Trinajstić information content (AvgIpc) is 3.21. The van der Waals surface area contributed by atoms with Gasteiger partial charge in [-0.2, -0.15) is 0 Å². The molecule has 9 heteroatoms. The van der Waals surface area contributed by atoms with Gasteiger partial charge in [-0.15, -0.1) is 10.2 Å². The van der Waals surface area contributed by atoms with Crippen LogP contribution in [0.5, 0.6) is 0 Å². The zero-order valence-electron chi connectivity index (χ0n) is 18.9. The third-order valence-corrected chi connectivity index (χ3v) is 5.08. The van der Waals surface area contributed by atoms with Gasteiger partial charge >= 0.3 is 0 Å². The van der Waals surface area contributed by atoms with E-state index in [1.807, 2.05) is 30.7 Å². The first-order valence-electron chi connectivity index (χ1n) is 10.3. The standard InChI is InChI=1S/C24H27N7O2/c1-6-19(21(7-2)33-5)16(3)28-24(32)17-9-8-10-18(13-17)26-14-22-29-30-23(31(22)4)20-11-12-25-15-27-20/h6-13,15-16,26H,1-2,14H2,3-5H3,(H,28,32)/b21-19-. The summed E-state index contributed by atoms with van der Waals surface area (Å²) in [5.74, 6) is 1.73. The molecule has 0 aliphatic rings. The number of carbonyl (C=O) groups excluding carboxylic acids is 1. The van der Waals surface area contributed by atoms with Crippen LogP contribution in [0.3, 0.4) is 0 Å². The van der Waals surface area contributed by atoms with Gasteiger partial charge in [0.1, 0.15) is 17.8 Å². The van der Waals surface area contributed by atoms with Gasteiger partial charge in [-0.25, -0.2) is 9.97 Å². The Kier molecular flexibility index (Phi) is 7.69. The first-order chi connectivity index (χ1) is 16.0. The highest BCUT2D eigenvalue weighted by molar-refractivity contribution is 5.95. The molecule has 170 valence electrons. The Labute approximate surface area is 192 Å². The largest absolute Gasteiger partial charge is 0.496 e. The summed E-state index contributed by atoms with van der Waals surface area (Å²) >= 11 is 0. The van der Waals surface area contributed by atoms with E-state index in [1.54, 1.807) is 43.7 Å². The van der Waals surface area contributed by atoms with Crippen molar-refractivity contribution in [3.8, 4) is 11.5 Å². The molecule has 1 aromatic carbocycles. The van der Waals surface area contributed by atoms with Gasteiger partial charge in [-0.1, -0.05) is 25.3 Å². The monoisotopic (exact) mass is 445 g/mol. The lowest BCUT2D eigenvalue weighted by Crippen LogP contribution is -2.34. The average molecular weight is 446 g/mol. The van der Waals surface area contributed by atoms with Crippen molar-refractivity contribution >= 4 is 11.6 Å². The highest BCUT2D eigenvalue weighted by Gasteiger charge is 2.16. The molecule has 9 nitrogen and oxygen atoms in total. The summed E-state index contributed by atoms with van der Waals surface area (Å²) in [7, 11) is 3.43. The Bertz CT molecular complexity index is 1170. The van der Waals surface area contributed by atoms with Crippen molar-refractivity contribution in [1.82, 2.24) is 30.0 Å². The molecule has 0 radical (unpaired) electrons. The topological polar surface area (TPSA) is 107 Å². The smallest absolute Gasteiger partial charge is 0.251 e. The van der Waals surface area contributed by atoms with Crippen LogP contribution in [0.2, 0.25) is 0 Å². The van der Waals surface area contributed by atoms with Crippen molar-refractivity contribution < 1.29 is 9.53 Å². The fraction of sp³-hybridized carbons (Fsp3) is 0.208. The molecule has 0 spiro atoms. The van der Waals surface area contributed by atoms with Crippen molar-refractivity contribution in [3.63, 3.8) is 0 Å². The van der Waals surface area contributed by atoms with E-state index in [9.17, 15) is 4.79 Å². The molecule has 3 aromatic rings. The van der Waals surface area contributed by atoms with E-state index in [-0.39, 0.29) is 11.9 Å². The maximum absolute atomic E-state index is 12.8. The van der Waals surface area contributed by atoms with E-state index in [0.717, 1.165) is 17.1 Å². The van der Waals surface area contributed by atoms with Crippen molar-refractivity contribution in [2.45, 2.75) is 19.5 Å². The lowest BCUT2D eigenvalue weighted by Gasteiger charge is -2.18. The predicted octanol–water partition coefficient (Wildman–Crippen LogP) is 3.28. The summed E-state index contributed by atoms with van der Waals surface area (Å²) in [5, 5.41) is 14.7. The molecule has 0 aliphatic carbocycles. The summed E-state index contributed by atoms with van der Waals surface area (Å²) in [5.41, 5.74) is 2.74. The molecule has 0 saturated carbocycles. The molecule has 0 fully saturated rings. The van der Waals surface area contributed by atoms with Gasteiger partial charge in [0, 0.05) is 30.1 Å². The number of carbonyl (C=O) groups is 1. The molecule has 33 heavy (non-hydrogen) atoms. The fourth-order valence-electron chi connectivity index (χ4n) is 3.28. The minimum absolute atomic E-state index is 0.213. The van der Waals surface area contributed by atoms with Crippen LogP contribution in [-0.2, 0) is 18.3 Å². The SMILES string of the molecule is C=C/C(OC)=C(\C=C)C(C)NC(=O)c1cccc(NCc2nnc(-c3ccncn3)n2C)c1. The summed E-state index contributed by atoms with van der Waals surface area (Å²) in [6.45, 7) is 9.83. The Balaban J connectivity index is 1.69. The van der Waals surface area contributed by atoms with E-state index in [1.165, 1.54) is 6.33 Å². The number of rotatable bonds is 10. The van der Waals surface area contributed by atoms with Crippen LogP contribution in [0.25, 0.3) is 11.5 Å². The minimum Gasteiger partial charge on any atom is -0.496 e. The number of nitrogens with zero attached hydrogens (tertiary/aromatic N) is 5. The number of allylic oxidation sites excluding steroid dienone is 1. The van der Waals surface area contributed by atoms with Crippen LogP contribution in [0, 0.1) is 0 Å². The molecular weight excluding hydrogens is 418 g/mol. The predicted molar refractivity (Wildman–Crippen MR) is 127 cm³/mol. The Morgan fingerprint density at radius 2 is 2.06 bits per heavy atom. The molecule has 1 atom stereocenters. The maximum Gasteiger partial charge on any atom is 0.251 e. The Morgan fingerprint density at radius 3 is 2.73 bits per heavy atom. The van der Waals surface area contributed by atoms with E-state index >= 15 is 0 Å². The van der Waals surface area contributed by atoms with Crippen molar-refractivity contribution in [3.05, 3.63) is 90.9 Å². The van der Waals surface area contributed by atoms with Crippen LogP contribution in [0.15, 0.2) is 79.5 Å². The van der Waals surface area contributed by atoms with Crippen molar-refractivity contribution in [2.75, 3.05) is 12.4 Å². The number of methoxy groups -OCH3 is 1. The second-order valence-corrected chi connectivity index (χ2v) is 7.15. The van der Waals surface area contributed by atoms with Crippen molar-refractivity contribution in [1.29, 1.82) is 0 Å². The number of hydrogen-bond acceptors (Lipinski definition) is 7. The lowest BCUT2D eigenvalue weighted by atomic mass is 10.1. The van der Waals surface area contributed by atoms with Gasteiger partial charge in [-0.3, -0.25) is 4.79 Å². The molecule has 2 aromatic heterocycles. The summed E-state index contributed by atoms with van der Waals surface area (Å²) in [6.07, 6.45) is 6.38. The molecule has 1 amide bonds. The lowest BCUT2D eigenvalue weighted by molar-refractivity contribution is 0.0945. The second-order valence-electron chi connectivity index (χ2n) is 7.15. The minimum atomic E-state index is -0.307. The third-order valence-electron chi connectivity index (χ3n) is 5.08. The van der Waals surface area contributed by atoms with Gasteiger partial charge in [0.05, 0.1) is 19.7 Å². The number of aromatic nitrogens is 5. The van der Waals surface area contributed by atoms with Crippen LogP contribution in [0.1, 0.15) is 23.1 Å². The van der Waals surface area contributed by atoms with E-state index in [0.29, 0.717) is 29.4 Å². The third kappa shape index (κ3) is 5.51. The highest BCUT2D eigenvalue weighted by atomic mass is 16.5. The zero-order chi connectivity index (χ0) is 23.8. The summed E-state index contributed by atoms with van der Waals surface area (Å²) in [4.78, 5) is 21.0. The molecule has 0 saturated heterocycles. The number of nitrogens with one attached hydrogen (secondary N) is 2. The quantitative estimate of drug-likeness (QED) is 0.364. The molecule has 2 heterocycles. The van der Waals surface area contributed by atoms with Gasteiger partial charge in [0.2, 0.25) is 0 Å². The second kappa shape index (κ2) is 10.9. The Hall–Kier alpha value is -4.27. The number of benzene rings is 1. The van der Waals surface area contributed by atoms with E-state index in [2.05, 4.69) is 44.0 Å². The maximum atomic E-state index is 12.8. The summed E-state index contributed by atoms with van der Waals surface area (Å²) < 4.78 is 7.17. The molecule has 0 bridgehead atoms. The van der Waals surface area contributed by atoms with Gasteiger partial charge < -0.3 is 19.9 Å². The highest BCUT2D eigenvalue weighted by Crippen LogP contribution is 2.17. The number of anilines is 1. The van der Waals surface area contributed by atoms with Gasteiger partial charge in [0.25, 0.3) is 5.91 Å². The first kappa shape index (κ1) is 23.4. The van der Waals surface area contributed by atoms with Crippen LogP contribution < -0.4 is 10.6 Å². The van der Waals surface area contributed by atoms with Gasteiger partial charge in [-0.05, 0) is 37.3 Å². The molecule has 1 unspecified atom stereocenters. The van der Waals surface area contributed by atoms with Gasteiger partial charge in [0.15, 0.2) is 11.6 Å².